The predicted octanol–water partition coefficient (Wildman–Crippen LogP) is 2.53. The summed E-state index contributed by atoms with van der Waals surface area (Å²) < 4.78 is 0. The molecule has 2 N–H and O–H groups in total. The lowest BCUT2D eigenvalue weighted by Crippen LogP contribution is -2.54. The number of aliphatic hydroxyl groups is 1. The van der Waals surface area contributed by atoms with Gasteiger partial charge in [-0.25, -0.2) is 0 Å². The predicted molar refractivity (Wildman–Crippen MR) is 82.8 cm³/mol. The van der Waals surface area contributed by atoms with Crippen molar-refractivity contribution in [3.8, 4) is 0 Å². The molecule has 20 heavy (non-hydrogen) atoms. The number of hydrogen-bond donors (Lipinski definition) is 2. The van der Waals surface area contributed by atoms with Crippen molar-refractivity contribution in [1.29, 1.82) is 0 Å². The Morgan fingerprint density at radius 1 is 0.900 bits per heavy atom. The Labute approximate surface area is 124 Å². The Balaban J connectivity index is 1.56. The van der Waals surface area contributed by atoms with Crippen molar-refractivity contribution in [2.45, 2.75) is 82.3 Å². The summed E-state index contributed by atoms with van der Waals surface area (Å²) in [7, 11) is 0. The first kappa shape index (κ1) is 14.8. The van der Waals surface area contributed by atoms with E-state index in [-0.39, 0.29) is 0 Å². The van der Waals surface area contributed by atoms with E-state index in [9.17, 15) is 5.11 Å². The minimum Gasteiger partial charge on any atom is -0.396 e. The topological polar surface area (TPSA) is 35.5 Å². The summed E-state index contributed by atoms with van der Waals surface area (Å²) in [5, 5.41) is 13.2. The summed E-state index contributed by atoms with van der Waals surface area (Å²) in [6.45, 7) is 2.84. The first-order valence-electron chi connectivity index (χ1n) is 8.96. The lowest BCUT2D eigenvalue weighted by Gasteiger charge is -2.42. The maximum absolute atomic E-state index is 9.30. The largest absolute Gasteiger partial charge is 0.396 e. The van der Waals surface area contributed by atoms with Crippen LogP contribution in [-0.4, -0.2) is 47.8 Å². The minimum absolute atomic E-state index is 0.360. The Hall–Kier alpha value is -0.120. The average molecular weight is 280 g/mol. The van der Waals surface area contributed by atoms with Crippen LogP contribution in [0.15, 0.2) is 0 Å². The van der Waals surface area contributed by atoms with E-state index in [1.165, 1.54) is 70.9 Å². The summed E-state index contributed by atoms with van der Waals surface area (Å²) in [5.41, 5.74) is 0. The smallest absolute Gasteiger partial charge is 0.0434 e. The van der Waals surface area contributed by atoms with Crippen LogP contribution in [0.2, 0.25) is 0 Å². The molecule has 3 aliphatic rings. The second kappa shape index (κ2) is 7.24. The molecular weight excluding hydrogens is 248 g/mol. The number of hydrogen-bond acceptors (Lipinski definition) is 3. The molecule has 2 atom stereocenters. The Bertz CT molecular complexity index is 285. The fraction of sp³-hybridized carbons (Fsp3) is 1.00. The summed E-state index contributed by atoms with van der Waals surface area (Å²) in [5.74, 6) is 0.702. The van der Waals surface area contributed by atoms with Gasteiger partial charge in [0.25, 0.3) is 0 Å². The Morgan fingerprint density at radius 3 is 2.30 bits per heavy atom. The maximum Gasteiger partial charge on any atom is 0.0434 e. The molecule has 0 aromatic carbocycles. The first-order chi connectivity index (χ1) is 9.85. The molecule has 0 amide bonds. The van der Waals surface area contributed by atoms with Crippen LogP contribution in [0.4, 0.5) is 0 Å². The highest BCUT2D eigenvalue weighted by atomic mass is 16.3. The fourth-order valence-electron chi connectivity index (χ4n) is 4.75. The molecule has 3 rings (SSSR count). The molecule has 1 heterocycles. The van der Waals surface area contributed by atoms with Gasteiger partial charge in [-0.3, -0.25) is 4.90 Å². The fourth-order valence-corrected chi connectivity index (χ4v) is 4.75. The van der Waals surface area contributed by atoms with Crippen LogP contribution < -0.4 is 5.32 Å². The third-order valence-corrected chi connectivity index (χ3v) is 5.77. The molecule has 0 aromatic rings. The molecule has 3 heteroatoms. The van der Waals surface area contributed by atoms with Gasteiger partial charge < -0.3 is 10.4 Å². The third-order valence-electron chi connectivity index (χ3n) is 5.77. The van der Waals surface area contributed by atoms with Gasteiger partial charge in [0.05, 0.1) is 0 Å². The van der Waals surface area contributed by atoms with E-state index in [2.05, 4.69) is 10.2 Å². The van der Waals surface area contributed by atoms with Crippen LogP contribution >= 0.6 is 0 Å². The number of nitrogens with one attached hydrogen (secondary N) is 1. The molecule has 1 saturated heterocycles. The molecule has 2 unspecified atom stereocenters. The quantitative estimate of drug-likeness (QED) is 0.812. The molecule has 0 spiro atoms. The van der Waals surface area contributed by atoms with Crippen LogP contribution in [0.25, 0.3) is 0 Å². The van der Waals surface area contributed by atoms with E-state index < -0.39 is 0 Å². The van der Waals surface area contributed by atoms with Gasteiger partial charge in [-0.15, -0.1) is 0 Å². The van der Waals surface area contributed by atoms with Crippen LogP contribution in [0, 0.1) is 5.92 Å². The molecule has 2 aliphatic carbocycles. The Morgan fingerprint density at radius 2 is 1.60 bits per heavy atom. The van der Waals surface area contributed by atoms with Gasteiger partial charge in [-0.05, 0) is 44.4 Å². The number of nitrogens with zero attached hydrogens (tertiary/aromatic N) is 1. The van der Waals surface area contributed by atoms with E-state index in [1.807, 2.05) is 0 Å². The SMILES string of the molecule is OCCC1CC(NC2CCCC2)CN(C2CCCC2)C1. The van der Waals surface area contributed by atoms with Crippen LogP contribution in [0.1, 0.15) is 64.2 Å². The summed E-state index contributed by atoms with van der Waals surface area (Å²) in [4.78, 5) is 2.75. The van der Waals surface area contributed by atoms with Crippen molar-refractivity contribution in [2.24, 2.45) is 5.92 Å². The van der Waals surface area contributed by atoms with Crippen LogP contribution in [-0.2, 0) is 0 Å². The summed E-state index contributed by atoms with van der Waals surface area (Å²) >= 11 is 0. The van der Waals surface area contributed by atoms with Crippen molar-refractivity contribution in [1.82, 2.24) is 10.2 Å². The van der Waals surface area contributed by atoms with Gasteiger partial charge in [-0.2, -0.15) is 0 Å². The van der Waals surface area contributed by atoms with Crippen molar-refractivity contribution in [3.63, 3.8) is 0 Å². The van der Waals surface area contributed by atoms with Gasteiger partial charge in [0, 0.05) is 37.8 Å². The number of aliphatic hydroxyl groups excluding tert-OH is 1. The zero-order valence-electron chi connectivity index (χ0n) is 12.9. The molecule has 3 nitrogen and oxygen atoms in total. The highest BCUT2D eigenvalue weighted by molar-refractivity contribution is 4.90. The van der Waals surface area contributed by atoms with E-state index in [4.69, 9.17) is 0 Å². The number of piperidine rings is 1. The third kappa shape index (κ3) is 3.75. The van der Waals surface area contributed by atoms with Gasteiger partial charge in [0.2, 0.25) is 0 Å². The monoisotopic (exact) mass is 280 g/mol. The lowest BCUT2D eigenvalue weighted by atomic mass is 9.90. The minimum atomic E-state index is 0.360. The number of rotatable bonds is 5. The van der Waals surface area contributed by atoms with Crippen molar-refractivity contribution >= 4 is 0 Å². The average Bonchev–Trinajstić information content (AvgIpc) is 3.11. The highest BCUT2D eigenvalue weighted by Crippen LogP contribution is 2.30. The molecule has 116 valence electrons. The van der Waals surface area contributed by atoms with Crippen LogP contribution in [0.5, 0.6) is 0 Å². The van der Waals surface area contributed by atoms with E-state index in [1.54, 1.807) is 0 Å². The Kier molecular flexibility index (Phi) is 5.36. The zero-order valence-corrected chi connectivity index (χ0v) is 12.9. The van der Waals surface area contributed by atoms with Gasteiger partial charge in [-0.1, -0.05) is 25.7 Å². The molecule has 2 saturated carbocycles. The zero-order chi connectivity index (χ0) is 13.8. The second-order valence-corrected chi connectivity index (χ2v) is 7.35. The molecular formula is C17H32N2O. The molecule has 3 fully saturated rings. The van der Waals surface area contributed by atoms with E-state index >= 15 is 0 Å². The summed E-state index contributed by atoms with van der Waals surface area (Å²) in [6.07, 6.45) is 13.5. The van der Waals surface area contributed by atoms with Gasteiger partial charge in [0.1, 0.15) is 0 Å². The first-order valence-corrected chi connectivity index (χ1v) is 8.96. The molecule has 0 radical (unpaired) electrons. The maximum atomic E-state index is 9.30. The van der Waals surface area contributed by atoms with Crippen molar-refractivity contribution < 1.29 is 5.11 Å². The molecule has 1 aliphatic heterocycles. The van der Waals surface area contributed by atoms with E-state index in [0.717, 1.165) is 18.5 Å². The van der Waals surface area contributed by atoms with Crippen LogP contribution in [0.3, 0.4) is 0 Å². The van der Waals surface area contributed by atoms with E-state index in [0.29, 0.717) is 18.6 Å². The van der Waals surface area contributed by atoms with Crippen molar-refractivity contribution in [3.05, 3.63) is 0 Å². The molecule has 0 aromatic heterocycles. The highest BCUT2D eigenvalue weighted by Gasteiger charge is 2.33. The normalized spacial score (nSPS) is 34.0. The summed E-state index contributed by atoms with van der Waals surface area (Å²) in [6, 6.07) is 2.28. The lowest BCUT2D eigenvalue weighted by molar-refractivity contribution is 0.0825. The number of likely N-dealkylation sites (tertiary alicyclic amines) is 1. The second-order valence-electron chi connectivity index (χ2n) is 7.35. The van der Waals surface area contributed by atoms with Crippen molar-refractivity contribution in [2.75, 3.05) is 19.7 Å². The van der Waals surface area contributed by atoms with Gasteiger partial charge >= 0.3 is 0 Å². The molecule has 0 bridgehead atoms. The van der Waals surface area contributed by atoms with Gasteiger partial charge in [0.15, 0.2) is 0 Å². The standard InChI is InChI=1S/C17H32N2O/c20-10-9-14-11-16(18-15-5-1-2-6-15)13-19(12-14)17-7-3-4-8-17/h14-18,20H,1-13H2.